The average Bonchev–Trinajstić information content (AvgIpc) is 2.98. The SMILES string of the molecule is CCCc1nnc(N2CCC(C)(C(=O)OCC)C2)s1. The first-order valence-electron chi connectivity index (χ1n) is 6.83. The molecule has 0 aliphatic carbocycles. The van der Waals surface area contributed by atoms with Gasteiger partial charge in [-0.1, -0.05) is 18.3 Å². The van der Waals surface area contributed by atoms with E-state index in [-0.39, 0.29) is 5.97 Å². The molecule has 1 atom stereocenters. The van der Waals surface area contributed by atoms with Gasteiger partial charge in [0.2, 0.25) is 5.13 Å². The molecule has 106 valence electrons. The molecule has 0 bridgehead atoms. The van der Waals surface area contributed by atoms with E-state index in [1.54, 1.807) is 11.3 Å². The molecule has 0 saturated carbocycles. The van der Waals surface area contributed by atoms with Crippen molar-refractivity contribution in [1.29, 1.82) is 0 Å². The highest BCUT2D eigenvalue weighted by molar-refractivity contribution is 7.15. The zero-order valence-corrected chi connectivity index (χ0v) is 12.6. The molecule has 0 spiro atoms. The maximum Gasteiger partial charge on any atom is 0.313 e. The molecule has 1 aromatic heterocycles. The molecule has 1 fully saturated rings. The standard InChI is InChI=1S/C13H21N3O2S/c1-4-6-10-14-15-12(19-10)16-8-7-13(3,9-16)11(17)18-5-2/h4-9H2,1-3H3. The van der Waals surface area contributed by atoms with Gasteiger partial charge >= 0.3 is 5.97 Å². The molecular weight excluding hydrogens is 262 g/mol. The fourth-order valence-corrected chi connectivity index (χ4v) is 3.25. The van der Waals surface area contributed by atoms with Crippen molar-refractivity contribution < 1.29 is 9.53 Å². The Morgan fingerprint density at radius 2 is 2.26 bits per heavy atom. The molecule has 0 aromatic carbocycles. The van der Waals surface area contributed by atoms with Gasteiger partial charge in [-0.3, -0.25) is 4.79 Å². The van der Waals surface area contributed by atoms with E-state index in [4.69, 9.17) is 4.74 Å². The van der Waals surface area contributed by atoms with Crippen LogP contribution in [-0.4, -0.2) is 35.9 Å². The molecular formula is C13H21N3O2S. The second kappa shape index (κ2) is 5.86. The van der Waals surface area contributed by atoms with Crippen LogP contribution >= 0.6 is 11.3 Å². The van der Waals surface area contributed by atoms with Gasteiger partial charge in [-0.2, -0.15) is 0 Å². The van der Waals surface area contributed by atoms with Crippen LogP contribution in [0.2, 0.25) is 0 Å². The minimum Gasteiger partial charge on any atom is -0.466 e. The summed E-state index contributed by atoms with van der Waals surface area (Å²) >= 11 is 1.63. The summed E-state index contributed by atoms with van der Waals surface area (Å²) in [5.41, 5.74) is -0.410. The lowest BCUT2D eigenvalue weighted by molar-refractivity contribution is -0.153. The van der Waals surface area contributed by atoms with E-state index in [1.165, 1.54) is 0 Å². The van der Waals surface area contributed by atoms with Crippen LogP contribution in [-0.2, 0) is 16.0 Å². The number of aromatic nitrogens is 2. The summed E-state index contributed by atoms with van der Waals surface area (Å²) in [5.74, 6) is -0.101. The summed E-state index contributed by atoms with van der Waals surface area (Å²) in [6, 6.07) is 0. The van der Waals surface area contributed by atoms with E-state index in [2.05, 4.69) is 22.0 Å². The van der Waals surface area contributed by atoms with Gasteiger partial charge in [0.05, 0.1) is 12.0 Å². The molecule has 1 aliphatic heterocycles. The smallest absolute Gasteiger partial charge is 0.313 e. The first-order valence-corrected chi connectivity index (χ1v) is 7.65. The summed E-state index contributed by atoms with van der Waals surface area (Å²) in [6.07, 6.45) is 2.87. The van der Waals surface area contributed by atoms with E-state index < -0.39 is 5.41 Å². The molecule has 0 amide bonds. The minimum atomic E-state index is -0.410. The Morgan fingerprint density at radius 1 is 1.47 bits per heavy atom. The Balaban J connectivity index is 2.02. The van der Waals surface area contributed by atoms with E-state index in [0.29, 0.717) is 13.2 Å². The van der Waals surface area contributed by atoms with Gasteiger partial charge in [0, 0.05) is 19.5 Å². The minimum absolute atomic E-state index is 0.101. The number of carbonyl (C=O) groups is 1. The van der Waals surface area contributed by atoms with Crippen LogP contribution in [0.1, 0.15) is 38.6 Å². The molecule has 0 radical (unpaired) electrons. The van der Waals surface area contributed by atoms with Gasteiger partial charge in [0.1, 0.15) is 5.01 Å². The Bertz CT molecular complexity index is 449. The van der Waals surface area contributed by atoms with Crippen molar-refractivity contribution in [3.63, 3.8) is 0 Å². The lowest BCUT2D eigenvalue weighted by atomic mass is 9.90. The Kier molecular flexibility index (Phi) is 4.39. The quantitative estimate of drug-likeness (QED) is 0.776. The second-order valence-electron chi connectivity index (χ2n) is 5.18. The molecule has 0 N–H and O–H groups in total. The van der Waals surface area contributed by atoms with Crippen LogP contribution in [0, 0.1) is 5.41 Å². The lowest BCUT2D eigenvalue weighted by Gasteiger charge is -2.21. The number of rotatable bonds is 5. The van der Waals surface area contributed by atoms with Crippen LogP contribution in [0.5, 0.6) is 0 Å². The first-order chi connectivity index (χ1) is 9.09. The summed E-state index contributed by atoms with van der Waals surface area (Å²) < 4.78 is 5.16. The van der Waals surface area contributed by atoms with Crippen molar-refractivity contribution in [1.82, 2.24) is 10.2 Å². The highest BCUT2D eigenvalue weighted by Crippen LogP contribution is 2.35. The van der Waals surface area contributed by atoms with E-state index in [1.807, 2.05) is 13.8 Å². The highest BCUT2D eigenvalue weighted by Gasteiger charge is 2.42. The van der Waals surface area contributed by atoms with Crippen LogP contribution < -0.4 is 4.90 Å². The predicted octanol–water partition coefficient (Wildman–Crippen LogP) is 2.27. The van der Waals surface area contributed by atoms with Gasteiger partial charge in [-0.25, -0.2) is 0 Å². The Hall–Kier alpha value is -1.17. The van der Waals surface area contributed by atoms with Gasteiger partial charge in [0.15, 0.2) is 0 Å². The van der Waals surface area contributed by atoms with Crippen LogP contribution in [0.25, 0.3) is 0 Å². The fraction of sp³-hybridized carbons (Fsp3) is 0.769. The third-order valence-corrected chi connectivity index (χ3v) is 4.48. The van der Waals surface area contributed by atoms with Crippen molar-refractivity contribution in [3.8, 4) is 0 Å². The van der Waals surface area contributed by atoms with E-state index >= 15 is 0 Å². The largest absolute Gasteiger partial charge is 0.466 e. The van der Waals surface area contributed by atoms with Gasteiger partial charge in [-0.15, -0.1) is 10.2 Å². The number of anilines is 1. The molecule has 2 rings (SSSR count). The summed E-state index contributed by atoms with van der Waals surface area (Å²) in [6.45, 7) is 7.90. The maximum absolute atomic E-state index is 12.0. The Morgan fingerprint density at radius 3 is 2.95 bits per heavy atom. The Labute approximate surface area is 118 Å². The third-order valence-electron chi connectivity index (χ3n) is 3.43. The number of aryl methyl sites for hydroxylation is 1. The number of ether oxygens (including phenoxy) is 1. The van der Waals surface area contributed by atoms with Crippen LogP contribution in [0.4, 0.5) is 5.13 Å². The van der Waals surface area contributed by atoms with E-state index in [9.17, 15) is 4.79 Å². The molecule has 2 heterocycles. The van der Waals surface area contributed by atoms with Crippen molar-refractivity contribution in [2.45, 2.75) is 40.0 Å². The van der Waals surface area contributed by atoms with Crippen molar-refractivity contribution >= 4 is 22.4 Å². The van der Waals surface area contributed by atoms with E-state index in [0.717, 1.165) is 35.9 Å². The first kappa shape index (κ1) is 14.2. The molecule has 5 nitrogen and oxygen atoms in total. The summed E-state index contributed by atoms with van der Waals surface area (Å²) in [5, 5.41) is 10.4. The van der Waals surface area contributed by atoms with Crippen molar-refractivity contribution in [2.24, 2.45) is 5.41 Å². The second-order valence-corrected chi connectivity index (χ2v) is 6.22. The van der Waals surface area contributed by atoms with Gasteiger partial charge < -0.3 is 9.64 Å². The zero-order valence-electron chi connectivity index (χ0n) is 11.8. The molecule has 6 heteroatoms. The molecule has 1 aliphatic rings. The summed E-state index contributed by atoms with van der Waals surface area (Å²) in [7, 11) is 0. The molecule has 1 saturated heterocycles. The molecule has 1 aromatic rings. The van der Waals surface area contributed by atoms with Crippen molar-refractivity contribution in [3.05, 3.63) is 5.01 Å². The average molecular weight is 283 g/mol. The topological polar surface area (TPSA) is 55.3 Å². The zero-order chi connectivity index (χ0) is 13.9. The highest BCUT2D eigenvalue weighted by atomic mass is 32.1. The molecule has 1 unspecified atom stereocenters. The van der Waals surface area contributed by atoms with Gasteiger partial charge in [-0.05, 0) is 26.7 Å². The monoisotopic (exact) mass is 283 g/mol. The fourth-order valence-electron chi connectivity index (χ4n) is 2.28. The number of carbonyl (C=O) groups excluding carboxylic acids is 1. The predicted molar refractivity (Wildman–Crippen MR) is 75.5 cm³/mol. The van der Waals surface area contributed by atoms with Crippen LogP contribution in [0.3, 0.4) is 0 Å². The number of esters is 1. The summed E-state index contributed by atoms with van der Waals surface area (Å²) in [4.78, 5) is 14.1. The van der Waals surface area contributed by atoms with Gasteiger partial charge in [0.25, 0.3) is 0 Å². The normalized spacial score (nSPS) is 22.8. The third kappa shape index (κ3) is 3.05. The number of hydrogen-bond acceptors (Lipinski definition) is 6. The number of hydrogen-bond donors (Lipinski definition) is 0. The molecule has 19 heavy (non-hydrogen) atoms. The lowest BCUT2D eigenvalue weighted by Crippen LogP contribution is -2.33. The number of nitrogens with zero attached hydrogens (tertiary/aromatic N) is 3. The van der Waals surface area contributed by atoms with Crippen molar-refractivity contribution in [2.75, 3.05) is 24.6 Å². The maximum atomic E-state index is 12.0. The van der Waals surface area contributed by atoms with Crippen LogP contribution in [0.15, 0.2) is 0 Å².